The van der Waals surface area contributed by atoms with E-state index >= 15 is 0 Å². The van der Waals surface area contributed by atoms with Crippen molar-refractivity contribution < 1.29 is 4.74 Å². The lowest BCUT2D eigenvalue weighted by Crippen LogP contribution is -2.27. The van der Waals surface area contributed by atoms with Crippen molar-refractivity contribution in [3.63, 3.8) is 0 Å². The minimum Gasteiger partial charge on any atom is -0.354 e. The largest absolute Gasteiger partial charge is 0.354 e. The van der Waals surface area contributed by atoms with Crippen LogP contribution in [0.1, 0.15) is 42.0 Å². The van der Waals surface area contributed by atoms with E-state index in [9.17, 15) is 0 Å². The second kappa shape index (κ2) is 5.79. The average Bonchev–Trinajstić information content (AvgIpc) is 3.19. The van der Waals surface area contributed by atoms with Crippen molar-refractivity contribution in [2.45, 2.75) is 31.5 Å². The van der Waals surface area contributed by atoms with Crippen molar-refractivity contribution >= 4 is 16.7 Å². The monoisotopic (exact) mass is 367 g/mol. The molecule has 3 heterocycles. The van der Waals surface area contributed by atoms with Gasteiger partial charge in [0.05, 0.1) is 0 Å². The van der Waals surface area contributed by atoms with E-state index in [2.05, 4.69) is 79.6 Å². The summed E-state index contributed by atoms with van der Waals surface area (Å²) in [6, 6.07) is 18.0. The molecule has 1 fully saturated rings. The van der Waals surface area contributed by atoms with E-state index < -0.39 is 0 Å². The van der Waals surface area contributed by atoms with Crippen molar-refractivity contribution in [3.8, 4) is 0 Å². The maximum absolute atomic E-state index is 6.46. The first-order chi connectivity index (χ1) is 13.7. The molecule has 0 saturated carbocycles. The Morgan fingerprint density at radius 1 is 0.893 bits per heavy atom. The van der Waals surface area contributed by atoms with E-state index in [0.717, 1.165) is 25.9 Å². The van der Waals surface area contributed by atoms with Gasteiger partial charge in [-0.1, -0.05) is 60.2 Å². The van der Waals surface area contributed by atoms with E-state index in [0.29, 0.717) is 0 Å². The number of hydrogen-bond acceptors (Lipinski definition) is 2. The normalized spacial score (nSPS) is 28.3. The first-order valence-corrected chi connectivity index (χ1v) is 10.4. The number of ether oxygens (including phenoxy) is 1. The third-order valence-corrected chi connectivity index (χ3v) is 6.91. The summed E-state index contributed by atoms with van der Waals surface area (Å²) < 4.78 is 6.46. The SMILES string of the molecule is CN1CCC(=C2c3ccccc3C3=C(c4ccccc42)C2(C)C=CC3O2)CC1. The Bertz CT molecular complexity index is 1080. The first kappa shape index (κ1) is 16.5. The van der Waals surface area contributed by atoms with Gasteiger partial charge in [-0.05, 0) is 66.3 Å². The predicted molar refractivity (Wildman–Crippen MR) is 115 cm³/mol. The van der Waals surface area contributed by atoms with Gasteiger partial charge < -0.3 is 9.64 Å². The van der Waals surface area contributed by atoms with E-state index in [-0.39, 0.29) is 11.7 Å². The van der Waals surface area contributed by atoms with Gasteiger partial charge in [0.2, 0.25) is 0 Å². The second-order valence-corrected chi connectivity index (χ2v) is 8.67. The van der Waals surface area contributed by atoms with Crippen LogP contribution in [0.15, 0.2) is 66.3 Å². The summed E-state index contributed by atoms with van der Waals surface area (Å²) >= 11 is 0. The first-order valence-electron chi connectivity index (χ1n) is 10.4. The molecule has 2 aromatic carbocycles. The molecule has 0 spiro atoms. The van der Waals surface area contributed by atoms with Crippen molar-refractivity contribution in [2.24, 2.45) is 0 Å². The van der Waals surface area contributed by atoms with Gasteiger partial charge in [0.25, 0.3) is 0 Å². The van der Waals surface area contributed by atoms with Crippen LogP contribution in [0.3, 0.4) is 0 Å². The molecule has 1 saturated heterocycles. The highest BCUT2D eigenvalue weighted by Gasteiger charge is 2.48. The lowest BCUT2D eigenvalue weighted by atomic mass is 9.81. The van der Waals surface area contributed by atoms with Gasteiger partial charge in [0.1, 0.15) is 11.7 Å². The Hall–Kier alpha value is -2.42. The molecule has 2 atom stereocenters. The van der Waals surface area contributed by atoms with Crippen LogP contribution in [0.25, 0.3) is 16.7 Å². The topological polar surface area (TPSA) is 12.5 Å². The van der Waals surface area contributed by atoms with E-state index in [1.807, 2.05) is 0 Å². The Morgan fingerprint density at radius 3 is 2.21 bits per heavy atom. The summed E-state index contributed by atoms with van der Waals surface area (Å²) in [6.45, 7) is 4.50. The van der Waals surface area contributed by atoms with E-state index in [1.165, 1.54) is 39.0 Å². The van der Waals surface area contributed by atoms with Crippen LogP contribution >= 0.6 is 0 Å². The standard InChI is InChI=1S/C26H25NO/c1-26-14-11-22(28-26)24-19-8-4-3-7-18(19)23(17-12-15-27(2)16-13-17)20-9-5-6-10-21(20)25(24)26/h3-11,14,22H,12-13,15-16H2,1-2H3. The fraction of sp³-hybridized carbons (Fsp3) is 0.308. The molecule has 0 N–H and O–H groups in total. The molecule has 4 aliphatic rings. The Kier molecular flexibility index (Phi) is 3.42. The lowest BCUT2D eigenvalue weighted by molar-refractivity contribution is 0.0719. The molecular formula is C26H25NO. The van der Waals surface area contributed by atoms with Gasteiger partial charge in [-0.3, -0.25) is 0 Å². The van der Waals surface area contributed by atoms with Crippen LogP contribution in [-0.4, -0.2) is 36.7 Å². The number of hydrogen-bond donors (Lipinski definition) is 0. The molecule has 140 valence electrons. The molecular weight excluding hydrogens is 342 g/mol. The van der Waals surface area contributed by atoms with Crippen LogP contribution in [0, 0.1) is 0 Å². The van der Waals surface area contributed by atoms with Gasteiger partial charge in [0.15, 0.2) is 0 Å². The van der Waals surface area contributed by atoms with Crippen LogP contribution in [0.2, 0.25) is 0 Å². The zero-order valence-corrected chi connectivity index (χ0v) is 16.5. The van der Waals surface area contributed by atoms with E-state index in [4.69, 9.17) is 4.74 Å². The number of rotatable bonds is 0. The molecule has 0 amide bonds. The summed E-state index contributed by atoms with van der Waals surface area (Å²) in [5.41, 5.74) is 11.0. The molecule has 2 nitrogen and oxygen atoms in total. The number of fused-ring (bicyclic) bond motifs is 8. The maximum Gasteiger partial charge on any atom is 0.111 e. The highest BCUT2D eigenvalue weighted by atomic mass is 16.5. The minimum absolute atomic E-state index is 0.0658. The summed E-state index contributed by atoms with van der Waals surface area (Å²) in [5, 5.41) is 0. The molecule has 3 aliphatic heterocycles. The number of benzene rings is 2. The predicted octanol–water partition coefficient (Wildman–Crippen LogP) is 5.17. The molecule has 2 heteroatoms. The summed E-state index contributed by atoms with van der Waals surface area (Å²) in [7, 11) is 2.23. The molecule has 6 rings (SSSR count). The van der Waals surface area contributed by atoms with Crippen LogP contribution < -0.4 is 0 Å². The van der Waals surface area contributed by atoms with Gasteiger partial charge in [-0.15, -0.1) is 0 Å². The fourth-order valence-electron chi connectivity index (χ4n) is 5.54. The molecule has 28 heavy (non-hydrogen) atoms. The molecule has 2 bridgehead atoms. The Labute approximate surface area is 166 Å². The number of likely N-dealkylation sites (tertiary alicyclic amines) is 1. The van der Waals surface area contributed by atoms with Crippen LogP contribution in [0.4, 0.5) is 0 Å². The third-order valence-electron chi connectivity index (χ3n) is 6.91. The number of nitrogens with zero attached hydrogens (tertiary/aromatic N) is 1. The molecule has 2 aromatic rings. The quantitative estimate of drug-likeness (QED) is 0.596. The minimum atomic E-state index is -0.323. The summed E-state index contributed by atoms with van der Waals surface area (Å²) in [4.78, 5) is 2.44. The average molecular weight is 367 g/mol. The summed E-state index contributed by atoms with van der Waals surface area (Å²) in [5.74, 6) is 0. The van der Waals surface area contributed by atoms with Gasteiger partial charge in [0, 0.05) is 18.7 Å². The second-order valence-electron chi connectivity index (χ2n) is 8.67. The zero-order chi connectivity index (χ0) is 18.9. The maximum atomic E-state index is 6.46. The van der Waals surface area contributed by atoms with Gasteiger partial charge in [-0.25, -0.2) is 0 Å². The van der Waals surface area contributed by atoms with Gasteiger partial charge >= 0.3 is 0 Å². The molecule has 1 aliphatic carbocycles. The molecule has 0 aromatic heterocycles. The molecule has 2 unspecified atom stereocenters. The van der Waals surface area contributed by atoms with Crippen LogP contribution in [-0.2, 0) is 4.74 Å². The molecule has 0 radical (unpaired) electrons. The highest BCUT2D eigenvalue weighted by molar-refractivity contribution is 6.09. The van der Waals surface area contributed by atoms with Crippen molar-refractivity contribution in [3.05, 3.63) is 88.5 Å². The van der Waals surface area contributed by atoms with Crippen LogP contribution in [0.5, 0.6) is 0 Å². The van der Waals surface area contributed by atoms with Crippen molar-refractivity contribution in [2.75, 3.05) is 20.1 Å². The van der Waals surface area contributed by atoms with Gasteiger partial charge in [-0.2, -0.15) is 0 Å². The smallest absolute Gasteiger partial charge is 0.111 e. The third kappa shape index (κ3) is 2.16. The van der Waals surface area contributed by atoms with E-state index in [1.54, 1.807) is 5.57 Å². The summed E-state index contributed by atoms with van der Waals surface area (Å²) in [6.07, 6.45) is 6.86. The highest BCUT2D eigenvalue weighted by Crippen LogP contribution is 2.56. The lowest BCUT2D eigenvalue weighted by Gasteiger charge is -2.28. The fourth-order valence-corrected chi connectivity index (χ4v) is 5.54. The van der Waals surface area contributed by atoms with Crippen molar-refractivity contribution in [1.82, 2.24) is 4.90 Å². The van der Waals surface area contributed by atoms with Crippen molar-refractivity contribution in [1.29, 1.82) is 0 Å². The zero-order valence-electron chi connectivity index (χ0n) is 16.5. The number of piperidine rings is 1. The Morgan fingerprint density at radius 2 is 1.50 bits per heavy atom. The Balaban J connectivity index is 1.70.